The zero-order chi connectivity index (χ0) is 26.4. The summed E-state index contributed by atoms with van der Waals surface area (Å²) >= 11 is 0. The van der Waals surface area contributed by atoms with Crippen LogP contribution in [0.2, 0.25) is 13.1 Å². The largest absolute Gasteiger partial charge is 0.465 e. The number of nitrogens with zero attached hydrogens (tertiary/aromatic N) is 2. The van der Waals surface area contributed by atoms with Crippen LogP contribution in [0.3, 0.4) is 0 Å². The fraction of sp³-hybridized carbons (Fsp3) is 0.323. The van der Waals surface area contributed by atoms with Crippen molar-refractivity contribution >= 4 is 47.3 Å². The summed E-state index contributed by atoms with van der Waals surface area (Å²) < 4.78 is 5.04. The molecule has 7 heteroatoms. The minimum atomic E-state index is -2.23. The van der Waals surface area contributed by atoms with E-state index in [1.165, 1.54) is 41.7 Å². The number of carbonyl (C=O) groups excluding carboxylic acids is 2. The van der Waals surface area contributed by atoms with Crippen molar-refractivity contribution in [2.45, 2.75) is 31.4 Å². The van der Waals surface area contributed by atoms with Crippen LogP contribution in [-0.4, -0.2) is 58.8 Å². The molecule has 0 atom stereocenters. The molecule has 0 saturated carbocycles. The van der Waals surface area contributed by atoms with Crippen LogP contribution in [0.5, 0.6) is 0 Å². The van der Waals surface area contributed by atoms with Crippen molar-refractivity contribution in [1.82, 2.24) is 0 Å². The van der Waals surface area contributed by atoms with Crippen LogP contribution in [0.25, 0.3) is 0 Å². The number of ketones is 1. The van der Waals surface area contributed by atoms with Gasteiger partial charge in [-0.05, 0) is 82.4 Å². The minimum Gasteiger partial charge on any atom is -0.465 e. The van der Waals surface area contributed by atoms with E-state index in [9.17, 15) is 15.0 Å². The first-order chi connectivity index (χ1) is 18.3. The number of carbonyl (C=O) groups is 2. The molecule has 2 fully saturated rings. The number of rotatable bonds is 3. The molecule has 3 heterocycles. The second-order valence-corrected chi connectivity index (χ2v) is 15.8. The molecule has 2 saturated heterocycles. The van der Waals surface area contributed by atoms with Gasteiger partial charge in [-0.3, -0.25) is 10.2 Å². The quantitative estimate of drug-likeness (QED) is 0.421. The number of benzene rings is 3. The first kappa shape index (κ1) is 23.4. The summed E-state index contributed by atoms with van der Waals surface area (Å²) in [6, 6.07) is 18.4. The van der Waals surface area contributed by atoms with E-state index in [-0.39, 0.29) is 11.5 Å². The maximum atomic E-state index is 13.7. The number of esters is 1. The van der Waals surface area contributed by atoms with Crippen LogP contribution >= 0.6 is 0 Å². The topological polar surface area (TPSA) is 73.7 Å². The highest BCUT2D eigenvalue weighted by atomic mass is 28.3. The number of Topliss-reactive ketones (excluding diaryl/α,β-unsaturated/α-hetero) is 1. The summed E-state index contributed by atoms with van der Waals surface area (Å²) in [5.41, 5.74) is 5.09. The lowest BCUT2D eigenvalue weighted by Crippen LogP contribution is -2.64. The Kier molecular flexibility index (Phi) is 4.86. The second-order valence-electron chi connectivity index (χ2n) is 11.5. The van der Waals surface area contributed by atoms with Gasteiger partial charge in [0.15, 0.2) is 0 Å². The van der Waals surface area contributed by atoms with Gasteiger partial charge in [0.05, 0.1) is 23.8 Å². The molecule has 0 radical (unpaired) electrons. The maximum absolute atomic E-state index is 13.7. The van der Waals surface area contributed by atoms with Gasteiger partial charge in [0.2, 0.25) is 5.78 Å². The maximum Gasteiger partial charge on any atom is 0.337 e. The summed E-state index contributed by atoms with van der Waals surface area (Å²) in [4.78, 5) is 31.1. The summed E-state index contributed by atoms with van der Waals surface area (Å²) in [6.45, 7) is 9.01. The van der Waals surface area contributed by atoms with E-state index in [1.807, 2.05) is 0 Å². The van der Waals surface area contributed by atoms with Crippen molar-refractivity contribution in [2.24, 2.45) is 0 Å². The average molecular weight is 522 g/mol. The second kappa shape index (κ2) is 7.90. The Morgan fingerprint density at radius 2 is 1.39 bits per heavy atom. The molecule has 3 aromatic carbocycles. The van der Waals surface area contributed by atoms with E-state index in [0.29, 0.717) is 11.1 Å². The first-order valence-electron chi connectivity index (χ1n) is 13.4. The van der Waals surface area contributed by atoms with Gasteiger partial charge in [-0.1, -0.05) is 25.2 Å². The fourth-order valence-corrected chi connectivity index (χ4v) is 10.1. The van der Waals surface area contributed by atoms with E-state index in [1.54, 1.807) is 18.2 Å². The van der Waals surface area contributed by atoms with Crippen molar-refractivity contribution in [3.63, 3.8) is 0 Å². The number of nitrogens with one attached hydrogen (secondary N) is 1. The predicted molar refractivity (Wildman–Crippen MR) is 153 cm³/mol. The van der Waals surface area contributed by atoms with E-state index >= 15 is 0 Å². The van der Waals surface area contributed by atoms with Crippen LogP contribution in [0.4, 0.5) is 11.4 Å². The van der Waals surface area contributed by atoms with E-state index in [2.05, 4.69) is 59.3 Å². The molecule has 3 aromatic rings. The lowest BCUT2D eigenvalue weighted by atomic mass is 9.68. The number of hydrogen-bond donors (Lipinski definition) is 1. The molecule has 1 spiro atoms. The van der Waals surface area contributed by atoms with Gasteiger partial charge in [-0.2, -0.15) is 0 Å². The monoisotopic (exact) mass is 521 g/mol. The van der Waals surface area contributed by atoms with Gasteiger partial charge in [-0.15, -0.1) is 0 Å². The summed E-state index contributed by atoms with van der Waals surface area (Å²) in [5.74, 6) is -0.714. The molecule has 0 aromatic heterocycles. The lowest BCUT2D eigenvalue weighted by molar-refractivity contribution is 0.0600. The highest BCUT2D eigenvalue weighted by molar-refractivity contribution is 7.01. The molecular formula is C31H31N3O3Si. The lowest BCUT2D eigenvalue weighted by Gasteiger charge is -2.46. The third kappa shape index (κ3) is 2.85. The highest BCUT2D eigenvalue weighted by Gasteiger charge is 2.57. The van der Waals surface area contributed by atoms with Crippen LogP contribution in [0.1, 0.15) is 50.2 Å². The number of hydrogen-bond acceptors (Lipinski definition) is 6. The summed E-state index contributed by atoms with van der Waals surface area (Å²) in [6.07, 6.45) is 2.40. The van der Waals surface area contributed by atoms with Crippen LogP contribution < -0.4 is 20.2 Å². The molecule has 3 aliphatic heterocycles. The van der Waals surface area contributed by atoms with Crippen LogP contribution in [0, 0.1) is 5.41 Å². The van der Waals surface area contributed by atoms with Crippen LogP contribution in [0.15, 0.2) is 54.6 Å². The molecule has 6 nitrogen and oxygen atoms in total. The molecule has 0 bridgehead atoms. The Morgan fingerprint density at radius 3 is 1.87 bits per heavy atom. The minimum absolute atomic E-state index is 0.0647. The van der Waals surface area contributed by atoms with Crippen molar-refractivity contribution in [1.29, 1.82) is 5.41 Å². The van der Waals surface area contributed by atoms with Crippen molar-refractivity contribution in [2.75, 3.05) is 43.1 Å². The predicted octanol–water partition coefficient (Wildman–Crippen LogP) is 3.58. The van der Waals surface area contributed by atoms with Gasteiger partial charge < -0.3 is 14.5 Å². The van der Waals surface area contributed by atoms with Crippen molar-refractivity contribution < 1.29 is 14.3 Å². The van der Waals surface area contributed by atoms with Gasteiger partial charge in [0, 0.05) is 43.1 Å². The standard InChI is InChI=1S/C31H31N3O3Si/c1-37-30(36)19-6-9-22-25(16-19)31(29(32)28(22)35)23-10-7-20(33-12-4-13-33)17-26(23)38(2,3)27-18-21(8-11-24(27)31)34-14-5-15-34/h6-11,16-18,32H,4-5,12-15H2,1-3H3. The Hall–Kier alpha value is -3.71. The average Bonchev–Trinajstić information content (AvgIpc) is 3.07. The van der Waals surface area contributed by atoms with Crippen LogP contribution in [-0.2, 0) is 10.2 Å². The first-order valence-corrected chi connectivity index (χ1v) is 16.4. The molecule has 1 aliphatic carbocycles. The SMILES string of the molecule is COC(=O)c1ccc2c(c1)C1(C(=N)C2=O)c2ccc(N3CCC3)cc2[Si](C)(C)c2cc(N3CCC3)ccc21. The van der Waals surface area contributed by atoms with Gasteiger partial charge in [0.1, 0.15) is 8.07 Å². The van der Waals surface area contributed by atoms with Gasteiger partial charge in [0.25, 0.3) is 0 Å². The number of ether oxygens (including phenoxy) is 1. The normalized spacial score (nSPS) is 19.9. The van der Waals surface area contributed by atoms with Gasteiger partial charge in [-0.25, -0.2) is 4.79 Å². The number of methoxy groups -OCH3 is 1. The molecule has 192 valence electrons. The number of fused-ring (bicyclic) bond motifs is 6. The molecular weight excluding hydrogens is 490 g/mol. The summed E-state index contributed by atoms with van der Waals surface area (Å²) in [7, 11) is -0.858. The molecule has 4 aliphatic rings. The Labute approximate surface area is 223 Å². The molecule has 0 unspecified atom stereocenters. The summed E-state index contributed by atoms with van der Waals surface area (Å²) in [5, 5.41) is 11.9. The molecule has 7 rings (SSSR count). The van der Waals surface area contributed by atoms with Gasteiger partial charge >= 0.3 is 5.97 Å². The third-order valence-corrected chi connectivity index (χ3v) is 12.8. The van der Waals surface area contributed by atoms with E-state index < -0.39 is 19.5 Å². The highest BCUT2D eigenvalue weighted by Crippen LogP contribution is 2.50. The molecule has 0 amide bonds. The third-order valence-electron chi connectivity index (χ3n) is 9.29. The Bertz CT molecular complexity index is 1500. The molecule has 1 N–H and O–H groups in total. The fourth-order valence-electron chi connectivity index (χ4n) is 6.88. The zero-order valence-electron chi connectivity index (χ0n) is 22.1. The van der Waals surface area contributed by atoms with E-state index in [0.717, 1.165) is 42.9 Å². The van der Waals surface area contributed by atoms with Crippen molar-refractivity contribution in [3.05, 3.63) is 82.4 Å². The molecule has 38 heavy (non-hydrogen) atoms. The van der Waals surface area contributed by atoms with E-state index in [4.69, 9.17) is 4.74 Å². The van der Waals surface area contributed by atoms with Crippen molar-refractivity contribution in [3.8, 4) is 0 Å². The Balaban J connectivity index is 1.56. The Morgan fingerprint density at radius 1 is 0.842 bits per heavy atom. The smallest absolute Gasteiger partial charge is 0.337 e. The zero-order valence-corrected chi connectivity index (χ0v) is 23.1. The number of anilines is 2.